The Kier molecular flexibility index (Phi) is 1.90. The molecule has 2 aromatic rings. The maximum atomic E-state index is 11.7. The smallest absolute Gasteiger partial charge is 0.170 e. The molecule has 3 rings (SSSR count). The van der Waals surface area contributed by atoms with Crippen LogP contribution in [0.1, 0.15) is 22.3 Å². The average molecular weight is 210 g/mol. The Balaban J connectivity index is 2.30. The van der Waals surface area contributed by atoms with Crippen molar-refractivity contribution in [3.05, 3.63) is 47.5 Å². The molecule has 0 aromatic heterocycles. The second kappa shape index (κ2) is 3.27. The van der Waals surface area contributed by atoms with E-state index in [1.807, 2.05) is 36.4 Å². The van der Waals surface area contributed by atoms with Crippen LogP contribution in [-0.4, -0.2) is 11.6 Å². The van der Waals surface area contributed by atoms with E-state index in [2.05, 4.69) is 0 Å². The van der Waals surface area contributed by atoms with Crippen molar-refractivity contribution < 1.29 is 9.59 Å². The number of hydrogen-bond donors (Lipinski definition) is 0. The molecule has 0 fully saturated rings. The molecule has 0 bridgehead atoms. The van der Waals surface area contributed by atoms with Gasteiger partial charge in [0.25, 0.3) is 0 Å². The zero-order valence-electron chi connectivity index (χ0n) is 8.69. The molecular weight excluding hydrogens is 200 g/mol. The number of ketones is 2. The van der Waals surface area contributed by atoms with Gasteiger partial charge in [0.05, 0.1) is 6.42 Å². The van der Waals surface area contributed by atoms with Gasteiger partial charge in [0, 0.05) is 12.0 Å². The first-order valence-electron chi connectivity index (χ1n) is 5.30. The van der Waals surface area contributed by atoms with E-state index in [4.69, 9.17) is 0 Å². The topological polar surface area (TPSA) is 34.1 Å². The van der Waals surface area contributed by atoms with Crippen molar-refractivity contribution in [1.82, 2.24) is 0 Å². The summed E-state index contributed by atoms with van der Waals surface area (Å²) >= 11 is 0. The quantitative estimate of drug-likeness (QED) is 0.626. The summed E-state index contributed by atoms with van der Waals surface area (Å²) in [6.45, 7) is 0. The molecule has 0 unspecified atom stereocenters. The normalized spacial score (nSPS) is 15.2. The number of benzene rings is 2. The van der Waals surface area contributed by atoms with Crippen LogP contribution in [0.5, 0.6) is 0 Å². The molecule has 2 nitrogen and oxygen atoms in total. The minimum Gasteiger partial charge on any atom is -0.299 e. The Morgan fingerprint density at radius 1 is 0.875 bits per heavy atom. The number of carbonyl (C=O) groups excluding carboxylic acids is 2. The van der Waals surface area contributed by atoms with Crippen molar-refractivity contribution in [2.24, 2.45) is 0 Å². The molecule has 0 N–H and O–H groups in total. The Hall–Kier alpha value is -1.96. The number of Topliss-reactive ketones (excluding diaryl/α,β-unsaturated/α-hetero) is 2. The maximum Gasteiger partial charge on any atom is 0.170 e. The Morgan fingerprint density at radius 3 is 2.31 bits per heavy atom. The van der Waals surface area contributed by atoms with Gasteiger partial charge in [-0.1, -0.05) is 24.3 Å². The molecule has 0 atom stereocenters. The summed E-state index contributed by atoms with van der Waals surface area (Å²) in [4.78, 5) is 23.1. The van der Waals surface area contributed by atoms with Gasteiger partial charge in [-0.05, 0) is 28.5 Å². The largest absolute Gasteiger partial charge is 0.299 e. The van der Waals surface area contributed by atoms with E-state index in [1.165, 1.54) is 0 Å². The summed E-state index contributed by atoms with van der Waals surface area (Å²) < 4.78 is 0. The van der Waals surface area contributed by atoms with Crippen LogP contribution in [0, 0.1) is 0 Å². The highest BCUT2D eigenvalue weighted by atomic mass is 16.1. The predicted molar refractivity (Wildman–Crippen MR) is 61.6 cm³/mol. The fourth-order valence-corrected chi connectivity index (χ4v) is 2.24. The molecule has 0 radical (unpaired) electrons. The van der Waals surface area contributed by atoms with E-state index in [0.29, 0.717) is 6.42 Å². The van der Waals surface area contributed by atoms with Crippen LogP contribution in [-0.2, 0) is 11.2 Å². The molecular formula is C14H10O2. The van der Waals surface area contributed by atoms with Crippen molar-refractivity contribution in [2.45, 2.75) is 12.8 Å². The van der Waals surface area contributed by atoms with Crippen LogP contribution in [0.15, 0.2) is 36.4 Å². The molecule has 1 aliphatic rings. The Labute approximate surface area is 92.9 Å². The summed E-state index contributed by atoms with van der Waals surface area (Å²) in [7, 11) is 0. The Morgan fingerprint density at radius 2 is 1.56 bits per heavy atom. The van der Waals surface area contributed by atoms with E-state index in [-0.39, 0.29) is 18.0 Å². The number of hydrogen-bond acceptors (Lipinski definition) is 2. The standard InChI is InChI=1S/C14H10O2/c15-12-6-11-5-9-3-1-2-4-10(9)7-13(11)14(16)8-12/h1-5,7H,6,8H2. The van der Waals surface area contributed by atoms with E-state index in [0.717, 1.165) is 21.9 Å². The molecule has 78 valence electrons. The molecule has 0 heterocycles. The fraction of sp³-hybridized carbons (Fsp3) is 0.143. The first-order valence-corrected chi connectivity index (χ1v) is 5.30. The monoisotopic (exact) mass is 210 g/mol. The molecule has 0 aliphatic heterocycles. The van der Waals surface area contributed by atoms with Gasteiger partial charge in [-0.2, -0.15) is 0 Å². The highest BCUT2D eigenvalue weighted by Gasteiger charge is 2.22. The molecule has 0 saturated carbocycles. The van der Waals surface area contributed by atoms with E-state index in [9.17, 15) is 9.59 Å². The predicted octanol–water partition coefficient (Wildman–Crippen LogP) is 2.54. The van der Waals surface area contributed by atoms with Gasteiger partial charge in [0.1, 0.15) is 5.78 Å². The molecule has 0 saturated heterocycles. The third kappa shape index (κ3) is 1.34. The van der Waals surface area contributed by atoms with E-state index in [1.54, 1.807) is 0 Å². The lowest BCUT2D eigenvalue weighted by Gasteiger charge is -2.14. The lowest BCUT2D eigenvalue weighted by Crippen LogP contribution is -2.19. The molecule has 0 spiro atoms. The lowest BCUT2D eigenvalue weighted by molar-refractivity contribution is -0.117. The van der Waals surface area contributed by atoms with Gasteiger partial charge in [-0.15, -0.1) is 0 Å². The van der Waals surface area contributed by atoms with Crippen molar-refractivity contribution >= 4 is 22.3 Å². The number of fused-ring (bicyclic) bond motifs is 2. The molecule has 2 heteroatoms. The van der Waals surface area contributed by atoms with Gasteiger partial charge in [-0.3, -0.25) is 9.59 Å². The SMILES string of the molecule is O=C1CC(=O)c2cc3ccccc3cc2C1. The van der Waals surface area contributed by atoms with Crippen LogP contribution in [0.4, 0.5) is 0 Å². The number of carbonyl (C=O) groups is 2. The second-order valence-corrected chi connectivity index (χ2v) is 4.17. The van der Waals surface area contributed by atoms with E-state index < -0.39 is 0 Å². The molecule has 1 aliphatic carbocycles. The molecule has 16 heavy (non-hydrogen) atoms. The highest BCUT2D eigenvalue weighted by molar-refractivity contribution is 6.14. The van der Waals surface area contributed by atoms with Gasteiger partial charge >= 0.3 is 0 Å². The maximum absolute atomic E-state index is 11.7. The minimum absolute atomic E-state index is 0.0211. The minimum atomic E-state index is -0.0444. The summed E-state index contributed by atoms with van der Waals surface area (Å²) in [5, 5.41) is 2.15. The van der Waals surface area contributed by atoms with Crippen molar-refractivity contribution in [3.63, 3.8) is 0 Å². The molecule has 0 amide bonds. The Bertz CT molecular complexity index is 611. The van der Waals surface area contributed by atoms with Gasteiger partial charge in [0.2, 0.25) is 0 Å². The van der Waals surface area contributed by atoms with Gasteiger partial charge < -0.3 is 0 Å². The lowest BCUT2D eigenvalue weighted by atomic mass is 9.88. The first-order chi connectivity index (χ1) is 7.74. The van der Waals surface area contributed by atoms with Gasteiger partial charge in [0.15, 0.2) is 5.78 Å². The third-order valence-electron chi connectivity index (χ3n) is 3.02. The van der Waals surface area contributed by atoms with Crippen LogP contribution in [0.3, 0.4) is 0 Å². The third-order valence-corrected chi connectivity index (χ3v) is 3.02. The summed E-state index contributed by atoms with van der Waals surface area (Å²) in [5.74, 6) is -0.0233. The summed E-state index contributed by atoms with van der Waals surface area (Å²) in [5.41, 5.74) is 1.60. The van der Waals surface area contributed by atoms with Crippen LogP contribution >= 0.6 is 0 Å². The fourth-order valence-electron chi connectivity index (χ4n) is 2.24. The zero-order chi connectivity index (χ0) is 11.1. The second-order valence-electron chi connectivity index (χ2n) is 4.17. The van der Waals surface area contributed by atoms with Crippen molar-refractivity contribution in [1.29, 1.82) is 0 Å². The highest BCUT2D eigenvalue weighted by Crippen LogP contribution is 2.25. The van der Waals surface area contributed by atoms with Crippen molar-refractivity contribution in [3.8, 4) is 0 Å². The number of rotatable bonds is 0. The van der Waals surface area contributed by atoms with Crippen LogP contribution < -0.4 is 0 Å². The van der Waals surface area contributed by atoms with Crippen LogP contribution in [0.2, 0.25) is 0 Å². The summed E-state index contributed by atoms with van der Waals surface area (Å²) in [6, 6.07) is 11.8. The average Bonchev–Trinajstić information content (AvgIpc) is 2.27. The van der Waals surface area contributed by atoms with E-state index >= 15 is 0 Å². The summed E-state index contributed by atoms with van der Waals surface area (Å²) in [6.07, 6.45) is 0.456. The first kappa shape index (κ1) is 9.28. The van der Waals surface area contributed by atoms with Crippen LogP contribution in [0.25, 0.3) is 10.8 Å². The zero-order valence-corrected chi connectivity index (χ0v) is 8.69. The van der Waals surface area contributed by atoms with Gasteiger partial charge in [-0.25, -0.2) is 0 Å². The molecule has 2 aromatic carbocycles. The van der Waals surface area contributed by atoms with Crippen molar-refractivity contribution in [2.75, 3.05) is 0 Å².